The molecule has 100 valence electrons. The zero-order valence-corrected chi connectivity index (χ0v) is 12.5. The number of quaternary nitrogens is 1. The molecule has 0 saturated carbocycles. The molecule has 1 rings (SSSR count). The number of carbonyl (C=O) groups is 1. The summed E-state index contributed by atoms with van der Waals surface area (Å²) < 4.78 is 5.79. The molecule has 0 atom stereocenters. The lowest BCUT2D eigenvalue weighted by Crippen LogP contribution is -3.00. The third kappa shape index (κ3) is 6.57. The number of benzene rings is 1. The summed E-state index contributed by atoms with van der Waals surface area (Å²) in [4.78, 5) is 11.6. The molecule has 1 aromatic rings. The molecule has 0 aliphatic carbocycles. The van der Waals surface area contributed by atoms with E-state index in [-0.39, 0.29) is 23.0 Å². The summed E-state index contributed by atoms with van der Waals surface area (Å²) in [5.74, 6) is -0.180. The van der Waals surface area contributed by atoms with Crippen LogP contribution in [-0.4, -0.2) is 37.6 Å². The van der Waals surface area contributed by atoms with E-state index in [2.05, 4.69) is 6.58 Å². The summed E-state index contributed by atoms with van der Waals surface area (Å²) in [7, 11) is 3.96. The van der Waals surface area contributed by atoms with Crippen molar-refractivity contribution in [2.45, 2.75) is 6.61 Å². The predicted molar refractivity (Wildman–Crippen MR) is 68.3 cm³/mol. The molecular weight excluding hydrogens is 294 g/mol. The van der Waals surface area contributed by atoms with E-state index in [1.165, 1.54) is 0 Å². The molecule has 0 amide bonds. The first kappa shape index (κ1) is 16.9. The van der Waals surface area contributed by atoms with Gasteiger partial charge in [-0.25, -0.2) is 4.79 Å². The van der Waals surface area contributed by atoms with Gasteiger partial charge in [0, 0.05) is 0 Å². The third-order valence-electron chi connectivity index (χ3n) is 2.42. The fraction of sp³-hybridized carbons (Fsp3) is 0.357. The van der Waals surface area contributed by atoms with Crippen LogP contribution in [0.1, 0.15) is 5.56 Å². The molecule has 0 bridgehead atoms. The van der Waals surface area contributed by atoms with Crippen molar-refractivity contribution in [2.24, 2.45) is 0 Å². The largest absolute Gasteiger partial charge is 1.00 e. The summed E-state index contributed by atoms with van der Waals surface area (Å²) in [6.07, 6.45) is 1.81. The van der Waals surface area contributed by atoms with E-state index < -0.39 is 0 Å². The van der Waals surface area contributed by atoms with Gasteiger partial charge in [0.1, 0.15) is 6.61 Å². The molecule has 0 fully saturated rings. The first-order valence-corrected chi connectivity index (χ1v) is 5.66. The van der Waals surface area contributed by atoms with E-state index in [0.29, 0.717) is 17.6 Å². The fourth-order valence-corrected chi connectivity index (χ4v) is 1.55. The van der Waals surface area contributed by atoms with E-state index in [0.717, 1.165) is 12.1 Å². The zero-order chi connectivity index (χ0) is 12.7. The second kappa shape index (κ2) is 8.06. The smallest absolute Gasteiger partial charge is 0.362 e. The number of ether oxygens (including phenoxy) is 1. The summed E-state index contributed by atoms with van der Waals surface area (Å²) >= 11 is 0. The van der Waals surface area contributed by atoms with Crippen LogP contribution < -0.4 is 17.0 Å². The lowest BCUT2D eigenvalue weighted by Gasteiger charge is -2.26. The maximum Gasteiger partial charge on any atom is 0.362 e. The minimum Gasteiger partial charge on any atom is -1.00 e. The Kier molecular flexibility index (Phi) is 7.55. The van der Waals surface area contributed by atoms with Crippen LogP contribution in [0, 0.1) is 0 Å². The summed E-state index contributed by atoms with van der Waals surface area (Å²) in [5.41, 5.74) is 1.01. The second-order valence-electron chi connectivity index (χ2n) is 4.71. The number of hydrogen-bond acceptors (Lipinski definition) is 2. The Morgan fingerprint density at radius 2 is 1.94 bits per heavy atom. The van der Waals surface area contributed by atoms with Gasteiger partial charge in [-0.2, -0.15) is 0 Å². The Bertz CT molecular complexity index is 377. The van der Waals surface area contributed by atoms with Gasteiger partial charge in [0.2, 0.25) is 0 Å². The second-order valence-corrected chi connectivity index (χ2v) is 4.71. The molecule has 0 radical (unpaired) electrons. The van der Waals surface area contributed by atoms with Crippen LogP contribution in [0.15, 0.2) is 43.0 Å². The minimum absolute atomic E-state index is 0. The SMILES string of the molecule is C=CC[N+](C)(C)CC(=O)OCc1ccccc1.[Br-]. The highest BCUT2D eigenvalue weighted by Crippen LogP contribution is 2.03. The van der Waals surface area contributed by atoms with E-state index in [9.17, 15) is 4.79 Å². The van der Waals surface area contributed by atoms with Crippen LogP contribution in [0.25, 0.3) is 0 Å². The average molecular weight is 314 g/mol. The fourth-order valence-electron chi connectivity index (χ4n) is 1.55. The Labute approximate surface area is 119 Å². The monoisotopic (exact) mass is 313 g/mol. The molecule has 0 saturated heterocycles. The molecule has 3 nitrogen and oxygen atoms in total. The molecule has 0 N–H and O–H groups in total. The molecule has 0 aliphatic rings. The molecule has 0 spiro atoms. The van der Waals surface area contributed by atoms with E-state index >= 15 is 0 Å². The van der Waals surface area contributed by atoms with Crippen molar-refractivity contribution in [3.63, 3.8) is 0 Å². The van der Waals surface area contributed by atoms with Crippen molar-refractivity contribution in [3.8, 4) is 0 Å². The highest BCUT2D eigenvalue weighted by atomic mass is 79.9. The number of rotatable bonds is 6. The number of hydrogen-bond donors (Lipinski definition) is 0. The number of nitrogens with zero attached hydrogens (tertiary/aromatic N) is 1. The first-order valence-electron chi connectivity index (χ1n) is 5.66. The standard InChI is InChI=1S/C14H20NO2.BrH/c1-4-10-15(2,3)11-14(16)17-12-13-8-6-5-7-9-13;/h4-9H,1,10-12H2,2-3H3;1H/q+1;/p-1. The number of likely N-dealkylation sites (N-methyl/N-ethyl adjacent to an activating group) is 1. The van der Waals surface area contributed by atoms with E-state index in [4.69, 9.17) is 4.74 Å². The van der Waals surface area contributed by atoms with Gasteiger partial charge in [-0.3, -0.25) is 0 Å². The van der Waals surface area contributed by atoms with Crippen LogP contribution in [0.4, 0.5) is 0 Å². The summed E-state index contributed by atoms with van der Waals surface area (Å²) in [6, 6.07) is 9.69. The molecule has 0 aromatic heterocycles. The number of esters is 1. The molecule has 18 heavy (non-hydrogen) atoms. The predicted octanol–water partition coefficient (Wildman–Crippen LogP) is -1.00. The lowest BCUT2D eigenvalue weighted by molar-refractivity contribution is -0.877. The van der Waals surface area contributed by atoms with Crippen molar-refractivity contribution >= 4 is 5.97 Å². The van der Waals surface area contributed by atoms with Gasteiger partial charge in [0.25, 0.3) is 0 Å². The highest BCUT2D eigenvalue weighted by molar-refractivity contribution is 5.70. The van der Waals surface area contributed by atoms with Crippen molar-refractivity contribution in [1.82, 2.24) is 0 Å². The van der Waals surface area contributed by atoms with Gasteiger partial charge in [0.15, 0.2) is 6.54 Å². The quantitative estimate of drug-likeness (QED) is 0.382. The summed E-state index contributed by atoms with van der Waals surface area (Å²) in [6.45, 7) is 5.13. The van der Waals surface area contributed by atoms with Gasteiger partial charge < -0.3 is 26.2 Å². The van der Waals surface area contributed by atoms with Crippen LogP contribution >= 0.6 is 0 Å². The Balaban J connectivity index is 0.00000289. The molecule has 1 aromatic carbocycles. The Morgan fingerprint density at radius 3 is 2.50 bits per heavy atom. The van der Waals surface area contributed by atoms with Crippen LogP contribution in [0.3, 0.4) is 0 Å². The molecule has 0 unspecified atom stereocenters. The van der Waals surface area contributed by atoms with Crippen LogP contribution in [0.2, 0.25) is 0 Å². The van der Waals surface area contributed by atoms with Crippen molar-refractivity contribution in [1.29, 1.82) is 0 Å². The van der Waals surface area contributed by atoms with Crippen LogP contribution in [0.5, 0.6) is 0 Å². The molecule has 0 aliphatic heterocycles. The van der Waals surface area contributed by atoms with E-state index in [1.807, 2.05) is 50.5 Å². The highest BCUT2D eigenvalue weighted by Gasteiger charge is 2.19. The number of halogens is 1. The maximum absolute atomic E-state index is 11.6. The zero-order valence-electron chi connectivity index (χ0n) is 10.9. The Hall–Kier alpha value is -1.13. The van der Waals surface area contributed by atoms with Gasteiger partial charge in [0.05, 0.1) is 20.6 Å². The van der Waals surface area contributed by atoms with Crippen molar-refractivity contribution in [2.75, 3.05) is 27.2 Å². The molecule has 0 heterocycles. The molecular formula is C14H20BrNO2. The van der Waals surface area contributed by atoms with Gasteiger partial charge in [-0.1, -0.05) is 36.9 Å². The van der Waals surface area contributed by atoms with Gasteiger partial charge in [-0.05, 0) is 11.6 Å². The normalized spacial score (nSPS) is 10.3. The van der Waals surface area contributed by atoms with Crippen LogP contribution in [-0.2, 0) is 16.1 Å². The van der Waals surface area contributed by atoms with Crippen molar-refractivity contribution < 1.29 is 31.0 Å². The summed E-state index contributed by atoms with van der Waals surface area (Å²) in [5, 5.41) is 0. The average Bonchev–Trinajstić information content (AvgIpc) is 2.27. The third-order valence-corrected chi connectivity index (χ3v) is 2.42. The maximum atomic E-state index is 11.6. The van der Waals surface area contributed by atoms with Gasteiger partial charge in [-0.15, -0.1) is 0 Å². The van der Waals surface area contributed by atoms with E-state index in [1.54, 1.807) is 0 Å². The first-order chi connectivity index (χ1) is 8.03. The Morgan fingerprint density at radius 1 is 1.33 bits per heavy atom. The topological polar surface area (TPSA) is 26.3 Å². The molecule has 4 heteroatoms. The lowest BCUT2D eigenvalue weighted by atomic mass is 10.2. The van der Waals surface area contributed by atoms with Gasteiger partial charge >= 0.3 is 5.97 Å². The number of carbonyl (C=O) groups excluding carboxylic acids is 1. The minimum atomic E-state index is -0.180. The van der Waals surface area contributed by atoms with Crippen molar-refractivity contribution in [3.05, 3.63) is 48.6 Å².